The summed E-state index contributed by atoms with van der Waals surface area (Å²) in [5.74, 6) is -1.13. The van der Waals surface area contributed by atoms with Gasteiger partial charge in [0, 0.05) is 19.6 Å². The third-order valence-electron chi connectivity index (χ3n) is 2.04. The van der Waals surface area contributed by atoms with E-state index in [0.717, 1.165) is 0 Å². The Morgan fingerprint density at radius 2 is 1.65 bits per heavy atom. The minimum atomic E-state index is -0.610. The van der Waals surface area contributed by atoms with Crippen molar-refractivity contribution in [3.63, 3.8) is 0 Å². The van der Waals surface area contributed by atoms with Crippen LogP contribution in [0.2, 0.25) is 0 Å². The summed E-state index contributed by atoms with van der Waals surface area (Å²) in [6.07, 6.45) is 0.0942. The van der Waals surface area contributed by atoms with Gasteiger partial charge >= 0.3 is 11.9 Å². The summed E-state index contributed by atoms with van der Waals surface area (Å²) in [6.45, 7) is 0.639. The van der Waals surface area contributed by atoms with Crippen LogP contribution in [0.15, 0.2) is 0 Å². The van der Waals surface area contributed by atoms with E-state index < -0.39 is 18.5 Å². The lowest BCUT2D eigenvalue weighted by Crippen LogP contribution is -2.32. The first-order valence-corrected chi connectivity index (χ1v) is 5.30. The number of hydrogen-bond donors (Lipinski definition) is 2. The minimum absolute atomic E-state index is 0.0444. The van der Waals surface area contributed by atoms with E-state index in [0.29, 0.717) is 19.6 Å². The van der Waals surface area contributed by atoms with Gasteiger partial charge in [0.1, 0.15) is 0 Å². The normalized spacial score (nSPS) is 10.4. The molecule has 0 aromatic heterocycles. The average Bonchev–Trinajstić information content (AvgIpc) is 2.33. The average molecular weight is 249 g/mol. The predicted octanol–water partition coefficient (Wildman–Crippen LogP) is -1.62. The Balaban J connectivity index is 3.75. The van der Waals surface area contributed by atoms with Gasteiger partial charge in [-0.15, -0.1) is 0 Å². The zero-order valence-corrected chi connectivity index (χ0v) is 9.92. The maximum absolute atomic E-state index is 11.2. The Morgan fingerprint density at radius 3 is 2.12 bits per heavy atom. The number of ether oxygens (including phenoxy) is 2. The Labute approximate surface area is 99.9 Å². The van der Waals surface area contributed by atoms with Crippen LogP contribution in [-0.2, 0) is 19.1 Å². The number of esters is 2. The second kappa shape index (κ2) is 10.0. The third-order valence-corrected chi connectivity index (χ3v) is 2.04. The maximum atomic E-state index is 11.2. The highest BCUT2D eigenvalue weighted by Crippen LogP contribution is 1.94. The largest absolute Gasteiger partial charge is 0.466 e. The fourth-order valence-corrected chi connectivity index (χ4v) is 1.14. The zero-order valence-electron chi connectivity index (χ0n) is 9.92. The fourth-order valence-electron chi connectivity index (χ4n) is 1.14. The van der Waals surface area contributed by atoms with Crippen LogP contribution in [0.3, 0.4) is 0 Å². The molecule has 0 heterocycles. The van der Waals surface area contributed by atoms with Crippen molar-refractivity contribution in [2.75, 3.05) is 46.6 Å². The molecule has 0 aromatic carbocycles. The van der Waals surface area contributed by atoms with Crippen LogP contribution in [0, 0.1) is 0 Å². The highest BCUT2D eigenvalue weighted by Gasteiger charge is 2.10. The van der Waals surface area contributed by atoms with Gasteiger partial charge in [-0.2, -0.15) is 0 Å². The van der Waals surface area contributed by atoms with Gasteiger partial charge in [-0.05, 0) is 0 Å². The SMILES string of the molecule is COC(=O)COC(=O)CCN(CCO)CCO. The van der Waals surface area contributed by atoms with Crippen molar-refractivity contribution in [1.82, 2.24) is 4.90 Å². The molecular weight excluding hydrogens is 230 g/mol. The summed E-state index contributed by atoms with van der Waals surface area (Å²) in [4.78, 5) is 23.6. The van der Waals surface area contributed by atoms with Gasteiger partial charge in [-0.3, -0.25) is 9.69 Å². The number of carbonyl (C=O) groups is 2. The van der Waals surface area contributed by atoms with E-state index in [1.54, 1.807) is 4.90 Å². The molecule has 2 N–H and O–H groups in total. The van der Waals surface area contributed by atoms with Crippen molar-refractivity contribution in [1.29, 1.82) is 0 Å². The van der Waals surface area contributed by atoms with E-state index in [4.69, 9.17) is 10.2 Å². The molecule has 0 saturated heterocycles. The second-order valence-electron chi connectivity index (χ2n) is 3.28. The van der Waals surface area contributed by atoms with Gasteiger partial charge in [-0.25, -0.2) is 4.79 Å². The predicted molar refractivity (Wildman–Crippen MR) is 58.2 cm³/mol. The molecule has 0 rings (SSSR count). The number of carbonyl (C=O) groups excluding carboxylic acids is 2. The van der Waals surface area contributed by atoms with Crippen LogP contribution in [0.25, 0.3) is 0 Å². The summed E-state index contributed by atoms with van der Waals surface area (Å²) >= 11 is 0. The lowest BCUT2D eigenvalue weighted by molar-refractivity contribution is -0.157. The van der Waals surface area contributed by atoms with Crippen LogP contribution in [0.4, 0.5) is 0 Å². The number of aliphatic hydroxyl groups is 2. The molecule has 100 valence electrons. The Kier molecular flexibility index (Phi) is 9.31. The number of aliphatic hydroxyl groups excluding tert-OH is 2. The second-order valence-corrected chi connectivity index (χ2v) is 3.28. The summed E-state index contributed by atoms with van der Waals surface area (Å²) in [5, 5.41) is 17.5. The minimum Gasteiger partial charge on any atom is -0.466 e. The highest BCUT2D eigenvalue weighted by molar-refractivity contribution is 5.76. The van der Waals surface area contributed by atoms with Crippen molar-refractivity contribution in [3.8, 4) is 0 Å². The zero-order chi connectivity index (χ0) is 13.1. The number of methoxy groups -OCH3 is 1. The molecule has 0 radical (unpaired) electrons. The first kappa shape index (κ1) is 15.8. The lowest BCUT2D eigenvalue weighted by atomic mass is 10.3. The molecule has 0 unspecified atom stereocenters. The van der Waals surface area contributed by atoms with E-state index in [-0.39, 0.29) is 19.6 Å². The molecule has 0 aliphatic rings. The lowest BCUT2D eigenvalue weighted by Gasteiger charge is -2.19. The Morgan fingerprint density at radius 1 is 1.06 bits per heavy atom. The smallest absolute Gasteiger partial charge is 0.344 e. The maximum Gasteiger partial charge on any atom is 0.344 e. The van der Waals surface area contributed by atoms with Crippen molar-refractivity contribution in [2.24, 2.45) is 0 Å². The molecular formula is C10H19NO6. The van der Waals surface area contributed by atoms with Gasteiger partial charge < -0.3 is 19.7 Å². The van der Waals surface area contributed by atoms with Crippen molar-refractivity contribution in [3.05, 3.63) is 0 Å². The van der Waals surface area contributed by atoms with E-state index in [1.807, 2.05) is 0 Å². The topological polar surface area (TPSA) is 96.3 Å². The molecule has 0 aliphatic heterocycles. The van der Waals surface area contributed by atoms with E-state index in [1.165, 1.54) is 7.11 Å². The Hall–Kier alpha value is -1.18. The van der Waals surface area contributed by atoms with Gasteiger partial charge in [-0.1, -0.05) is 0 Å². The quantitative estimate of drug-likeness (QED) is 0.474. The molecule has 0 bridgehead atoms. The van der Waals surface area contributed by atoms with E-state index >= 15 is 0 Å². The highest BCUT2D eigenvalue weighted by atomic mass is 16.6. The van der Waals surface area contributed by atoms with Gasteiger partial charge in [0.05, 0.1) is 26.7 Å². The summed E-state index contributed by atoms with van der Waals surface area (Å²) in [7, 11) is 1.21. The molecule has 0 saturated carbocycles. The van der Waals surface area contributed by atoms with Crippen molar-refractivity contribution >= 4 is 11.9 Å². The van der Waals surface area contributed by atoms with E-state index in [2.05, 4.69) is 9.47 Å². The fraction of sp³-hybridized carbons (Fsp3) is 0.800. The molecule has 0 amide bonds. The summed E-state index contributed by atoms with van der Waals surface area (Å²) in [6, 6.07) is 0. The van der Waals surface area contributed by atoms with Crippen LogP contribution in [0.1, 0.15) is 6.42 Å². The van der Waals surface area contributed by atoms with Crippen molar-refractivity contribution < 1.29 is 29.3 Å². The van der Waals surface area contributed by atoms with E-state index in [9.17, 15) is 9.59 Å². The molecule has 7 heteroatoms. The van der Waals surface area contributed by atoms with Crippen LogP contribution in [0.5, 0.6) is 0 Å². The number of nitrogens with zero attached hydrogens (tertiary/aromatic N) is 1. The molecule has 0 fully saturated rings. The summed E-state index contributed by atoms with van der Waals surface area (Å²) < 4.78 is 8.95. The number of hydrogen-bond acceptors (Lipinski definition) is 7. The standard InChI is InChI=1S/C10H19NO6/c1-16-10(15)8-17-9(14)2-3-11(4-6-12)5-7-13/h12-13H,2-8H2,1H3. The molecule has 17 heavy (non-hydrogen) atoms. The van der Waals surface area contributed by atoms with Gasteiger partial charge in [0.2, 0.25) is 0 Å². The molecule has 0 aliphatic carbocycles. The first-order valence-electron chi connectivity index (χ1n) is 5.30. The monoisotopic (exact) mass is 249 g/mol. The molecule has 0 aromatic rings. The van der Waals surface area contributed by atoms with Gasteiger partial charge in [0.15, 0.2) is 6.61 Å². The molecule has 0 atom stereocenters. The molecule has 0 spiro atoms. The van der Waals surface area contributed by atoms with Crippen LogP contribution < -0.4 is 0 Å². The van der Waals surface area contributed by atoms with Crippen LogP contribution in [-0.4, -0.2) is 73.6 Å². The van der Waals surface area contributed by atoms with Gasteiger partial charge in [0.25, 0.3) is 0 Å². The van der Waals surface area contributed by atoms with Crippen LogP contribution >= 0.6 is 0 Å². The molecule has 7 nitrogen and oxygen atoms in total. The van der Waals surface area contributed by atoms with Crippen molar-refractivity contribution in [2.45, 2.75) is 6.42 Å². The first-order chi connectivity index (χ1) is 8.13. The third kappa shape index (κ3) is 8.61. The Bertz CT molecular complexity index is 227. The summed E-state index contributed by atoms with van der Waals surface area (Å²) in [5.41, 5.74) is 0. The number of rotatable bonds is 9.